The lowest BCUT2D eigenvalue weighted by Crippen LogP contribution is -2.34. The Morgan fingerprint density at radius 2 is 2.15 bits per heavy atom. The van der Waals surface area contributed by atoms with Gasteiger partial charge in [0.05, 0.1) is 5.41 Å². The molecule has 3 nitrogen and oxygen atoms in total. The molecule has 0 unspecified atom stereocenters. The highest BCUT2D eigenvalue weighted by atomic mass is 16.4. The minimum Gasteiger partial charge on any atom is -0.481 e. The van der Waals surface area contributed by atoms with Crippen LogP contribution >= 0.6 is 0 Å². The molecule has 0 aliphatic carbocycles. The molecule has 70 valence electrons. The van der Waals surface area contributed by atoms with E-state index < -0.39 is 11.4 Å². The molecule has 0 saturated carbocycles. The van der Waals surface area contributed by atoms with Crippen LogP contribution in [0.5, 0.6) is 0 Å². The highest BCUT2D eigenvalue weighted by molar-refractivity contribution is 5.79. The van der Waals surface area contributed by atoms with Crippen molar-refractivity contribution >= 4 is 5.97 Å². The number of aromatic nitrogens is 1. The van der Waals surface area contributed by atoms with E-state index in [0.717, 1.165) is 5.56 Å². The van der Waals surface area contributed by atoms with Crippen LogP contribution in [0, 0.1) is 0 Å². The maximum atomic E-state index is 10.9. The fourth-order valence-corrected chi connectivity index (χ4v) is 1.08. The van der Waals surface area contributed by atoms with Gasteiger partial charge in [0.2, 0.25) is 0 Å². The van der Waals surface area contributed by atoms with E-state index in [9.17, 15) is 4.79 Å². The van der Waals surface area contributed by atoms with Gasteiger partial charge in [-0.15, -0.1) is 0 Å². The van der Waals surface area contributed by atoms with Crippen LogP contribution in [-0.4, -0.2) is 11.1 Å². The van der Waals surface area contributed by atoms with Crippen LogP contribution in [0.3, 0.4) is 0 Å². The van der Waals surface area contributed by atoms with E-state index in [1.165, 1.54) is 0 Å². The van der Waals surface area contributed by atoms with Gasteiger partial charge in [-0.2, -0.15) is 0 Å². The lowest BCUT2D eigenvalue weighted by molar-refractivity contribution is -0.672. The van der Waals surface area contributed by atoms with Crippen LogP contribution in [0.25, 0.3) is 0 Å². The van der Waals surface area contributed by atoms with Crippen molar-refractivity contribution in [3.63, 3.8) is 0 Å². The Morgan fingerprint density at radius 1 is 1.54 bits per heavy atom. The summed E-state index contributed by atoms with van der Waals surface area (Å²) >= 11 is 0. The fraction of sp³-hybridized carbons (Fsp3) is 0.400. The van der Waals surface area contributed by atoms with Gasteiger partial charge in [0.15, 0.2) is 12.4 Å². The number of carboxylic acids is 1. The first-order valence-corrected chi connectivity index (χ1v) is 4.14. The van der Waals surface area contributed by atoms with Crippen molar-refractivity contribution in [2.24, 2.45) is 7.05 Å². The standard InChI is InChI=1S/C10H13NO2/c1-10(2,9(12)13)8-5-4-6-11(3)7-8/h4-7H,1-3H3/p+1. The Hall–Kier alpha value is -1.38. The fourth-order valence-electron chi connectivity index (χ4n) is 1.08. The number of rotatable bonds is 2. The van der Waals surface area contributed by atoms with E-state index in [0.29, 0.717) is 0 Å². The second kappa shape index (κ2) is 3.17. The van der Waals surface area contributed by atoms with Crippen molar-refractivity contribution in [1.82, 2.24) is 0 Å². The van der Waals surface area contributed by atoms with Crippen molar-refractivity contribution < 1.29 is 14.5 Å². The Morgan fingerprint density at radius 3 is 2.62 bits per heavy atom. The maximum absolute atomic E-state index is 10.9. The smallest absolute Gasteiger partial charge is 0.313 e. The predicted octanol–water partition coefficient (Wildman–Crippen LogP) is 0.873. The Kier molecular flexibility index (Phi) is 2.36. The third-order valence-electron chi connectivity index (χ3n) is 2.20. The van der Waals surface area contributed by atoms with Gasteiger partial charge in [-0.1, -0.05) is 0 Å². The molecule has 1 heterocycles. The summed E-state index contributed by atoms with van der Waals surface area (Å²) in [4.78, 5) is 10.9. The third kappa shape index (κ3) is 1.86. The average molecular weight is 180 g/mol. The highest BCUT2D eigenvalue weighted by Gasteiger charge is 2.31. The first kappa shape index (κ1) is 9.71. The molecule has 1 aromatic heterocycles. The molecular formula is C10H14NO2+. The Balaban J connectivity index is 3.14. The zero-order valence-electron chi connectivity index (χ0n) is 8.11. The number of hydrogen-bond donors (Lipinski definition) is 1. The van der Waals surface area contributed by atoms with Gasteiger partial charge in [-0.05, 0) is 19.9 Å². The van der Waals surface area contributed by atoms with E-state index in [1.807, 2.05) is 36.1 Å². The van der Waals surface area contributed by atoms with Crippen LogP contribution < -0.4 is 4.57 Å². The maximum Gasteiger partial charge on any atom is 0.313 e. The molecule has 0 bridgehead atoms. The Labute approximate surface area is 77.6 Å². The third-order valence-corrected chi connectivity index (χ3v) is 2.20. The number of carboxylic acid groups (broad SMARTS) is 1. The molecular weight excluding hydrogens is 166 g/mol. The molecule has 1 rings (SSSR count). The van der Waals surface area contributed by atoms with Gasteiger partial charge in [0.25, 0.3) is 0 Å². The normalized spacial score (nSPS) is 11.3. The Bertz CT molecular complexity index is 331. The summed E-state index contributed by atoms with van der Waals surface area (Å²) in [6.45, 7) is 3.40. The lowest BCUT2D eigenvalue weighted by Gasteiger charge is -2.17. The molecule has 13 heavy (non-hydrogen) atoms. The van der Waals surface area contributed by atoms with Gasteiger partial charge in [0.1, 0.15) is 7.05 Å². The van der Waals surface area contributed by atoms with Crippen LogP contribution in [0.4, 0.5) is 0 Å². The second-order valence-electron chi connectivity index (χ2n) is 3.69. The van der Waals surface area contributed by atoms with E-state index >= 15 is 0 Å². The summed E-state index contributed by atoms with van der Waals surface area (Å²) < 4.78 is 1.85. The van der Waals surface area contributed by atoms with Gasteiger partial charge in [0, 0.05) is 11.6 Å². The van der Waals surface area contributed by atoms with Crippen LogP contribution in [0.2, 0.25) is 0 Å². The van der Waals surface area contributed by atoms with Crippen molar-refractivity contribution in [1.29, 1.82) is 0 Å². The van der Waals surface area contributed by atoms with Gasteiger partial charge in [-0.25, -0.2) is 4.57 Å². The summed E-state index contributed by atoms with van der Waals surface area (Å²) in [7, 11) is 1.88. The van der Waals surface area contributed by atoms with Crippen LogP contribution in [0.15, 0.2) is 24.5 Å². The largest absolute Gasteiger partial charge is 0.481 e. The van der Waals surface area contributed by atoms with E-state index in [4.69, 9.17) is 5.11 Å². The molecule has 0 saturated heterocycles. The van der Waals surface area contributed by atoms with Crippen LogP contribution in [-0.2, 0) is 17.3 Å². The summed E-state index contributed by atoms with van der Waals surface area (Å²) in [6, 6.07) is 3.67. The molecule has 3 heteroatoms. The van der Waals surface area contributed by atoms with E-state index in [2.05, 4.69) is 0 Å². The first-order chi connectivity index (χ1) is 5.94. The topological polar surface area (TPSA) is 41.2 Å². The molecule has 1 aromatic rings. The minimum atomic E-state index is -0.820. The SMILES string of the molecule is C[n+]1cccc(C(C)(C)C(=O)O)c1. The van der Waals surface area contributed by atoms with Crippen molar-refractivity contribution in [3.05, 3.63) is 30.1 Å². The number of aryl methyl sites for hydroxylation is 1. The van der Waals surface area contributed by atoms with Crippen molar-refractivity contribution in [2.45, 2.75) is 19.3 Å². The first-order valence-electron chi connectivity index (χ1n) is 4.14. The average Bonchev–Trinajstić information content (AvgIpc) is 2.04. The summed E-state index contributed by atoms with van der Waals surface area (Å²) in [5.41, 5.74) is -0.0102. The zero-order valence-corrected chi connectivity index (χ0v) is 8.11. The highest BCUT2D eigenvalue weighted by Crippen LogP contribution is 2.21. The molecule has 0 fully saturated rings. The van der Waals surface area contributed by atoms with Crippen molar-refractivity contribution in [2.75, 3.05) is 0 Å². The number of hydrogen-bond acceptors (Lipinski definition) is 1. The quantitative estimate of drug-likeness (QED) is 0.686. The second-order valence-corrected chi connectivity index (χ2v) is 3.69. The molecule has 0 aliphatic rings. The van der Waals surface area contributed by atoms with Gasteiger partial charge < -0.3 is 5.11 Å². The number of pyridine rings is 1. The molecule has 0 spiro atoms. The van der Waals surface area contributed by atoms with Crippen molar-refractivity contribution in [3.8, 4) is 0 Å². The van der Waals surface area contributed by atoms with Gasteiger partial charge >= 0.3 is 5.97 Å². The predicted molar refractivity (Wildman–Crippen MR) is 48.3 cm³/mol. The lowest BCUT2D eigenvalue weighted by atomic mass is 9.86. The summed E-state index contributed by atoms with van der Waals surface area (Å²) in [5.74, 6) is -0.807. The summed E-state index contributed by atoms with van der Waals surface area (Å²) in [6.07, 6.45) is 3.70. The minimum absolute atomic E-state index is 0.807. The molecule has 0 radical (unpaired) electrons. The summed E-state index contributed by atoms with van der Waals surface area (Å²) in [5, 5.41) is 8.98. The molecule has 0 aliphatic heterocycles. The number of nitrogens with zero attached hydrogens (tertiary/aromatic N) is 1. The number of aliphatic carboxylic acids is 1. The molecule has 0 aromatic carbocycles. The van der Waals surface area contributed by atoms with Crippen LogP contribution in [0.1, 0.15) is 19.4 Å². The van der Waals surface area contributed by atoms with Gasteiger partial charge in [-0.3, -0.25) is 4.79 Å². The molecule has 0 atom stereocenters. The monoisotopic (exact) mass is 180 g/mol. The van der Waals surface area contributed by atoms with E-state index in [-0.39, 0.29) is 0 Å². The van der Waals surface area contributed by atoms with E-state index in [1.54, 1.807) is 13.8 Å². The molecule has 0 amide bonds. The molecule has 1 N–H and O–H groups in total. The zero-order chi connectivity index (χ0) is 10.1. The number of carbonyl (C=O) groups is 1.